The summed E-state index contributed by atoms with van der Waals surface area (Å²) < 4.78 is 31.8. The number of sulfonamides is 1. The first-order valence-corrected chi connectivity index (χ1v) is 11.0. The van der Waals surface area contributed by atoms with Crippen LogP contribution in [0.2, 0.25) is 0 Å². The van der Waals surface area contributed by atoms with E-state index in [1.165, 1.54) is 14.2 Å². The molecule has 1 aromatic heterocycles. The number of nitrogens with one attached hydrogen (secondary N) is 1. The number of ether oxygens (including phenoxy) is 1. The predicted molar refractivity (Wildman–Crippen MR) is 106 cm³/mol. The average molecular weight is 423 g/mol. The van der Waals surface area contributed by atoms with E-state index in [1.807, 2.05) is 26.0 Å². The highest BCUT2D eigenvalue weighted by atomic mass is 32.2. The molecule has 28 heavy (non-hydrogen) atoms. The third-order valence-electron chi connectivity index (χ3n) is 5.05. The minimum Gasteiger partial charge on any atom is -0.465 e. The summed E-state index contributed by atoms with van der Waals surface area (Å²) in [6.45, 7) is 4.53. The predicted octanol–water partition coefficient (Wildman–Crippen LogP) is 2.26. The minimum atomic E-state index is -3.82. The van der Waals surface area contributed by atoms with E-state index in [2.05, 4.69) is 4.72 Å². The number of thiophene rings is 1. The number of methoxy groups -OCH3 is 1. The molecular weight excluding hydrogens is 400 g/mol. The first-order chi connectivity index (χ1) is 13.2. The molecule has 2 heterocycles. The van der Waals surface area contributed by atoms with Crippen LogP contribution in [0.4, 0.5) is 0 Å². The molecule has 0 saturated carbocycles. The molecule has 150 valence electrons. The summed E-state index contributed by atoms with van der Waals surface area (Å²) >= 11 is 1.02. The molecule has 1 amide bonds. The van der Waals surface area contributed by atoms with Gasteiger partial charge in [-0.05, 0) is 50.1 Å². The molecular formula is C19H22N2O5S2. The van der Waals surface area contributed by atoms with Crippen LogP contribution < -0.4 is 4.72 Å². The Hall–Kier alpha value is -2.23. The number of nitrogens with zero attached hydrogens (tertiary/aromatic N) is 1. The first-order valence-electron chi connectivity index (χ1n) is 8.73. The second-order valence-electron chi connectivity index (χ2n) is 6.59. The van der Waals surface area contributed by atoms with Crippen molar-refractivity contribution in [1.29, 1.82) is 0 Å². The molecule has 0 bridgehead atoms. The van der Waals surface area contributed by atoms with Crippen LogP contribution in [0.25, 0.3) is 0 Å². The number of benzene rings is 1. The Bertz CT molecular complexity index is 1060. The topological polar surface area (TPSA) is 92.8 Å². The Morgan fingerprint density at radius 1 is 1.25 bits per heavy atom. The van der Waals surface area contributed by atoms with Gasteiger partial charge in [-0.25, -0.2) is 17.9 Å². The molecule has 0 unspecified atom stereocenters. The maximum atomic E-state index is 13.0. The van der Waals surface area contributed by atoms with E-state index in [1.54, 1.807) is 11.0 Å². The Labute approximate surface area is 168 Å². The quantitative estimate of drug-likeness (QED) is 0.763. The number of aryl methyl sites for hydroxylation is 1. The van der Waals surface area contributed by atoms with Crippen LogP contribution >= 0.6 is 11.3 Å². The zero-order valence-electron chi connectivity index (χ0n) is 16.2. The first kappa shape index (κ1) is 20.5. The molecule has 2 aromatic rings. The van der Waals surface area contributed by atoms with Gasteiger partial charge in [-0.15, -0.1) is 11.3 Å². The van der Waals surface area contributed by atoms with Crippen molar-refractivity contribution >= 4 is 33.2 Å². The van der Waals surface area contributed by atoms with Crippen molar-refractivity contribution in [2.45, 2.75) is 31.0 Å². The van der Waals surface area contributed by atoms with Crippen molar-refractivity contribution in [2.24, 2.45) is 0 Å². The SMILES string of the molecule is CNS(=O)(=O)c1sc2c(c1C(=O)OC)CCN(C(=O)c1cccc(C)c1C)C2. The lowest BCUT2D eigenvalue weighted by atomic mass is 10.00. The Balaban J connectivity index is 2.01. The van der Waals surface area contributed by atoms with E-state index >= 15 is 0 Å². The lowest BCUT2D eigenvalue weighted by Crippen LogP contribution is -2.36. The summed E-state index contributed by atoms with van der Waals surface area (Å²) in [6.07, 6.45) is 0.395. The Morgan fingerprint density at radius 3 is 2.61 bits per heavy atom. The molecule has 1 N–H and O–H groups in total. The summed E-state index contributed by atoms with van der Waals surface area (Å²) in [4.78, 5) is 27.7. The summed E-state index contributed by atoms with van der Waals surface area (Å²) in [5.41, 5.74) is 3.33. The Morgan fingerprint density at radius 2 is 1.96 bits per heavy atom. The molecule has 0 atom stereocenters. The van der Waals surface area contributed by atoms with Crippen LogP contribution in [-0.2, 0) is 27.7 Å². The average Bonchev–Trinajstić information content (AvgIpc) is 3.08. The molecule has 1 aromatic carbocycles. The monoisotopic (exact) mass is 422 g/mol. The van der Waals surface area contributed by atoms with Crippen molar-refractivity contribution in [2.75, 3.05) is 20.7 Å². The van der Waals surface area contributed by atoms with Gasteiger partial charge in [-0.3, -0.25) is 4.79 Å². The van der Waals surface area contributed by atoms with Crippen LogP contribution in [0, 0.1) is 13.8 Å². The van der Waals surface area contributed by atoms with E-state index in [0.717, 1.165) is 22.5 Å². The fraction of sp³-hybridized carbons (Fsp3) is 0.368. The van der Waals surface area contributed by atoms with Gasteiger partial charge in [0.15, 0.2) is 0 Å². The largest absolute Gasteiger partial charge is 0.465 e. The van der Waals surface area contributed by atoms with E-state index in [-0.39, 0.29) is 22.2 Å². The molecule has 3 rings (SSSR count). The minimum absolute atomic E-state index is 0.0621. The van der Waals surface area contributed by atoms with Crippen LogP contribution in [0.3, 0.4) is 0 Å². The smallest absolute Gasteiger partial charge is 0.340 e. The van der Waals surface area contributed by atoms with Gasteiger partial charge in [0.05, 0.1) is 19.2 Å². The van der Waals surface area contributed by atoms with Crippen LogP contribution in [0.15, 0.2) is 22.4 Å². The third kappa shape index (κ3) is 3.45. The van der Waals surface area contributed by atoms with Gasteiger partial charge in [-0.2, -0.15) is 0 Å². The zero-order chi connectivity index (χ0) is 20.6. The fourth-order valence-corrected chi connectivity index (χ4v) is 6.03. The number of fused-ring (bicyclic) bond motifs is 1. The second-order valence-corrected chi connectivity index (χ2v) is 9.78. The van der Waals surface area contributed by atoms with E-state index in [0.29, 0.717) is 29.0 Å². The van der Waals surface area contributed by atoms with Gasteiger partial charge in [0, 0.05) is 17.0 Å². The number of esters is 1. The highest BCUT2D eigenvalue weighted by molar-refractivity contribution is 7.91. The number of rotatable bonds is 4. The second kappa shape index (κ2) is 7.65. The highest BCUT2D eigenvalue weighted by Crippen LogP contribution is 2.37. The summed E-state index contributed by atoms with van der Waals surface area (Å²) in [7, 11) is -1.30. The number of carbonyl (C=O) groups is 2. The standard InChI is InChI=1S/C19H22N2O5S2/c1-11-6-5-7-13(12(11)2)17(22)21-9-8-14-15(10-21)27-19(28(24,25)20-3)16(14)18(23)26-4/h5-7,20H,8-10H2,1-4H3. The van der Waals surface area contributed by atoms with Gasteiger partial charge in [0.25, 0.3) is 15.9 Å². The van der Waals surface area contributed by atoms with Crippen LogP contribution in [0.5, 0.6) is 0 Å². The van der Waals surface area contributed by atoms with E-state index < -0.39 is 16.0 Å². The molecule has 0 saturated heterocycles. The number of hydrogen-bond acceptors (Lipinski definition) is 6. The van der Waals surface area contributed by atoms with Gasteiger partial charge >= 0.3 is 5.97 Å². The lowest BCUT2D eigenvalue weighted by molar-refractivity contribution is 0.0595. The number of hydrogen-bond donors (Lipinski definition) is 1. The summed E-state index contributed by atoms with van der Waals surface area (Å²) in [5.74, 6) is -0.779. The van der Waals surface area contributed by atoms with Gasteiger partial charge in [0.1, 0.15) is 4.21 Å². The molecule has 0 fully saturated rings. The maximum Gasteiger partial charge on any atom is 0.340 e. The maximum absolute atomic E-state index is 13.0. The van der Waals surface area contributed by atoms with Crippen molar-refractivity contribution in [3.05, 3.63) is 50.9 Å². The van der Waals surface area contributed by atoms with Gasteiger partial charge in [0.2, 0.25) is 0 Å². The van der Waals surface area contributed by atoms with Crippen LogP contribution in [0.1, 0.15) is 42.3 Å². The molecule has 1 aliphatic heterocycles. The number of carbonyl (C=O) groups excluding carboxylic acids is 2. The van der Waals surface area contributed by atoms with Crippen molar-refractivity contribution in [1.82, 2.24) is 9.62 Å². The summed E-state index contributed by atoms with van der Waals surface area (Å²) in [6, 6.07) is 5.60. The van der Waals surface area contributed by atoms with Gasteiger partial charge in [-0.1, -0.05) is 12.1 Å². The van der Waals surface area contributed by atoms with Crippen LogP contribution in [-0.4, -0.2) is 45.9 Å². The highest BCUT2D eigenvalue weighted by Gasteiger charge is 2.34. The summed E-state index contributed by atoms with van der Waals surface area (Å²) in [5, 5.41) is 0. The van der Waals surface area contributed by atoms with Crippen molar-refractivity contribution < 1.29 is 22.7 Å². The van der Waals surface area contributed by atoms with E-state index in [4.69, 9.17) is 4.74 Å². The van der Waals surface area contributed by atoms with E-state index in [9.17, 15) is 18.0 Å². The lowest BCUT2D eigenvalue weighted by Gasteiger charge is -2.28. The molecule has 1 aliphatic rings. The molecule has 9 heteroatoms. The molecule has 0 radical (unpaired) electrons. The third-order valence-corrected chi connectivity index (χ3v) is 8.20. The van der Waals surface area contributed by atoms with Crippen molar-refractivity contribution in [3.63, 3.8) is 0 Å². The normalized spacial score (nSPS) is 13.9. The Kier molecular flexibility index (Phi) is 5.60. The molecule has 7 nitrogen and oxygen atoms in total. The van der Waals surface area contributed by atoms with Gasteiger partial charge < -0.3 is 9.64 Å². The molecule has 0 spiro atoms. The van der Waals surface area contributed by atoms with Crippen molar-refractivity contribution in [3.8, 4) is 0 Å². The number of amides is 1. The fourth-order valence-electron chi connectivity index (χ4n) is 3.30. The molecule has 0 aliphatic carbocycles. The zero-order valence-corrected chi connectivity index (χ0v) is 17.8.